The molecule has 0 radical (unpaired) electrons. The van der Waals surface area contributed by atoms with Crippen LogP contribution in [0, 0.1) is 18.6 Å². The molecule has 0 N–H and O–H groups in total. The third kappa shape index (κ3) is 11.4. The number of nitrogens with zero attached hydrogens (tertiary/aromatic N) is 5. The summed E-state index contributed by atoms with van der Waals surface area (Å²) >= 11 is 5.57. The van der Waals surface area contributed by atoms with Crippen LogP contribution in [0.2, 0.25) is 5.15 Å². The van der Waals surface area contributed by atoms with Gasteiger partial charge in [0.25, 0.3) is 0 Å². The minimum atomic E-state index is -4.80. The first-order chi connectivity index (χ1) is 19.5. The molecule has 0 bridgehead atoms. The summed E-state index contributed by atoms with van der Waals surface area (Å²) in [5.41, 5.74) is -2.19. The number of hydrogen-bond acceptors (Lipinski definition) is 7. The maximum Gasteiger partial charge on any atom is 0.419 e. The van der Waals surface area contributed by atoms with Crippen LogP contribution in [-0.4, -0.2) is 46.0 Å². The molecule has 42 heavy (non-hydrogen) atoms. The highest BCUT2D eigenvalue weighted by Crippen LogP contribution is 2.35. The van der Waals surface area contributed by atoms with Gasteiger partial charge in [0, 0.05) is 17.8 Å². The molecule has 0 aliphatic carbocycles. The quantitative estimate of drug-likeness (QED) is 0.168. The Bertz CT molecular complexity index is 1360. The smallest absolute Gasteiger partial charge is 0.419 e. The average molecular weight is 624 g/mol. The van der Waals surface area contributed by atoms with Gasteiger partial charge in [-0.1, -0.05) is 11.6 Å². The zero-order chi connectivity index (χ0) is 31.7. The van der Waals surface area contributed by atoms with Crippen molar-refractivity contribution in [1.29, 1.82) is 0 Å². The van der Waals surface area contributed by atoms with E-state index in [0.29, 0.717) is 30.0 Å². The minimum Gasteiger partial charge on any atom is -0.439 e. The van der Waals surface area contributed by atoms with E-state index in [-0.39, 0.29) is 28.4 Å². The number of ether oxygens (including phenoxy) is 2. The number of halogens is 9. The number of benzene rings is 2. The topological polar surface area (TPSA) is 73.3 Å². The van der Waals surface area contributed by atoms with Gasteiger partial charge in [-0.25, -0.2) is 28.7 Å². The second-order valence-electron chi connectivity index (χ2n) is 8.50. The lowest BCUT2D eigenvalue weighted by Crippen LogP contribution is -2.08. The lowest BCUT2D eigenvalue weighted by molar-refractivity contribution is -0.140. The Morgan fingerprint density at radius 2 is 1.05 bits per heavy atom. The second-order valence-corrected chi connectivity index (χ2v) is 8.89. The summed E-state index contributed by atoms with van der Waals surface area (Å²) in [5.74, 6) is -3.03. The van der Waals surface area contributed by atoms with Crippen LogP contribution in [0.1, 0.15) is 16.8 Å². The number of hydrogen-bond donors (Lipinski definition) is 0. The standard InChI is InChI=1S/C12H8F4N2O.C11H5ClF4N2O.C3H9N/c1-7-4-11(18-6-17-7)19-8-2-3-10(13)9(5-8)12(14,15)16;12-9-4-10(18-5-17-9)19-6-1-2-8(13)7(3-6)11(14,15)16;1-4(2)3/h2-6H,1H3;1-5H;1-3H3. The van der Waals surface area contributed by atoms with Gasteiger partial charge in [-0.15, -0.1) is 0 Å². The molecule has 2 heterocycles. The SMILES string of the molecule is CN(C)C.Cc1cc(Oc2ccc(F)c(C(F)(F)F)c2)ncn1.Fc1ccc(Oc2cc(Cl)ncn2)cc1C(F)(F)F. The molecule has 226 valence electrons. The largest absolute Gasteiger partial charge is 0.439 e. The van der Waals surface area contributed by atoms with Crippen LogP contribution in [0.5, 0.6) is 23.3 Å². The van der Waals surface area contributed by atoms with Crippen molar-refractivity contribution < 1.29 is 44.6 Å². The number of rotatable bonds is 4. The van der Waals surface area contributed by atoms with E-state index in [4.69, 9.17) is 21.1 Å². The van der Waals surface area contributed by atoms with Crippen molar-refractivity contribution in [2.75, 3.05) is 21.1 Å². The Morgan fingerprint density at radius 3 is 1.43 bits per heavy atom. The van der Waals surface area contributed by atoms with Gasteiger partial charge in [0.15, 0.2) is 0 Å². The van der Waals surface area contributed by atoms with E-state index >= 15 is 0 Å². The van der Waals surface area contributed by atoms with E-state index in [0.717, 1.165) is 18.5 Å². The molecule has 0 saturated carbocycles. The third-order valence-electron chi connectivity index (χ3n) is 4.32. The van der Waals surface area contributed by atoms with Crippen molar-refractivity contribution in [3.63, 3.8) is 0 Å². The van der Waals surface area contributed by atoms with Crippen molar-refractivity contribution >= 4 is 11.6 Å². The molecule has 2 aromatic carbocycles. The molecule has 0 aliphatic heterocycles. The van der Waals surface area contributed by atoms with Crippen LogP contribution in [0.15, 0.2) is 61.2 Å². The monoisotopic (exact) mass is 623 g/mol. The lowest BCUT2D eigenvalue weighted by Gasteiger charge is -2.10. The molecule has 0 amide bonds. The third-order valence-corrected chi connectivity index (χ3v) is 4.53. The molecule has 0 saturated heterocycles. The molecule has 0 spiro atoms. The highest BCUT2D eigenvalue weighted by molar-refractivity contribution is 6.29. The van der Waals surface area contributed by atoms with E-state index < -0.39 is 35.1 Å². The zero-order valence-electron chi connectivity index (χ0n) is 22.2. The molecule has 0 aliphatic rings. The van der Waals surface area contributed by atoms with E-state index in [2.05, 4.69) is 19.9 Å². The molecular formula is C26H22ClF8N5O2. The summed E-state index contributed by atoms with van der Waals surface area (Å²) in [4.78, 5) is 16.8. The Hall–Kier alpha value is -4.11. The van der Waals surface area contributed by atoms with E-state index in [1.807, 2.05) is 26.0 Å². The maximum atomic E-state index is 13.1. The maximum absolute atomic E-state index is 13.1. The molecule has 4 rings (SSSR count). The van der Waals surface area contributed by atoms with E-state index in [1.165, 1.54) is 18.5 Å². The van der Waals surface area contributed by atoms with Gasteiger partial charge in [-0.05, 0) is 64.5 Å². The van der Waals surface area contributed by atoms with Crippen LogP contribution in [0.3, 0.4) is 0 Å². The highest BCUT2D eigenvalue weighted by atomic mass is 35.5. The van der Waals surface area contributed by atoms with Gasteiger partial charge < -0.3 is 14.4 Å². The summed E-state index contributed by atoms with van der Waals surface area (Å²) in [7, 11) is 6.00. The summed E-state index contributed by atoms with van der Waals surface area (Å²) < 4.78 is 111. The van der Waals surface area contributed by atoms with Gasteiger partial charge in [-0.2, -0.15) is 26.3 Å². The fraction of sp³-hybridized carbons (Fsp3) is 0.231. The first-order valence-electron chi connectivity index (χ1n) is 11.4. The number of aromatic nitrogens is 4. The number of alkyl halides is 6. The van der Waals surface area contributed by atoms with Gasteiger partial charge in [0.1, 0.15) is 40.9 Å². The van der Waals surface area contributed by atoms with E-state index in [1.54, 1.807) is 6.92 Å². The van der Waals surface area contributed by atoms with Crippen molar-refractivity contribution in [1.82, 2.24) is 24.8 Å². The Balaban J connectivity index is 0.000000261. The molecule has 4 aromatic rings. The zero-order valence-corrected chi connectivity index (χ0v) is 23.0. The Labute approximate surface area is 239 Å². The molecule has 16 heteroatoms. The molecule has 0 unspecified atom stereocenters. The summed E-state index contributed by atoms with van der Waals surface area (Å²) in [6, 6.07) is 7.34. The Morgan fingerprint density at radius 1 is 0.643 bits per heavy atom. The molecule has 0 atom stereocenters. The lowest BCUT2D eigenvalue weighted by atomic mass is 10.2. The highest BCUT2D eigenvalue weighted by Gasteiger charge is 2.35. The predicted molar refractivity (Wildman–Crippen MR) is 136 cm³/mol. The van der Waals surface area contributed by atoms with Gasteiger partial charge in [0.2, 0.25) is 11.8 Å². The van der Waals surface area contributed by atoms with Crippen LogP contribution >= 0.6 is 11.6 Å². The summed E-state index contributed by atoms with van der Waals surface area (Å²) in [6.45, 7) is 1.68. The molecule has 2 aromatic heterocycles. The summed E-state index contributed by atoms with van der Waals surface area (Å²) in [5, 5.41) is 0.0724. The van der Waals surface area contributed by atoms with Crippen molar-refractivity contribution in [2.24, 2.45) is 0 Å². The van der Waals surface area contributed by atoms with Gasteiger partial charge in [-0.3, -0.25) is 0 Å². The average Bonchev–Trinajstić information content (AvgIpc) is 2.85. The number of aryl methyl sites for hydroxylation is 1. The molecule has 0 fully saturated rings. The van der Waals surface area contributed by atoms with Crippen LogP contribution in [-0.2, 0) is 12.4 Å². The van der Waals surface area contributed by atoms with Crippen molar-refractivity contribution in [3.8, 4) is 23.3 Å². The first-order valence-corrected chi connectivity index (χ1v) is 11.8. The molecular weight excluding hydrogens is 602 g/mol. The Kier molecular flexibility index (Phi) is 11.9. The van der Waals surface area contributed by atoms with Crippen LogP contribution in [0.4, 0.5) is 35.1 Å². The summed E-state index contributed by atoms with van der Waals surface area (Å²) in [6.07, 6.45) is -7.26. The predicted octanol–water partition coefficient (Wildman–Crippen LogP) is 7.99. The van der Waals surface area contributed by atoms with Gasteiger partial charge in [0.05, 0.1) is 11.1 Å². The minimum absolute atomic E-state index is 0.0419. The first kappa shape index (κ1) is 34.1. The van der Waals surface area contributed by atoms with Crippen LogP contribution < -0.4 is 9.47 Å². The van der Waals surface area contributed by atoms with E-state index in [9.17, 15) is 35.1 Å². The van der Waals surface area contributed by atoms with Crippen molar-refractivity contribution in [3.05, 3.63) is 94.8 Å². The fourth-order valence-electron chi connectivity index (χ4n) is 2.67. The van der Waals surface area contributed by atoms with Gasteiger partial charge >= 0.3 is 12.4 Å². The van der Waals surface area contributed by atoms with Crippen molar-refractivity contribution in [2.45, 2.75) is 19.3 Å². The molecule has 7 nitrogen and oxygen atoms in total. The van der Waals surface area contributed by atoms with Crippen LogP contribution in [0.25, 0.3) is 0 Å². The normalized spacial score (nSPS) is 11.2. The second kappa shape index (κ2) is 14.7. The fourth-order valence-corrected chi connectivity index (χ4v) is 2.81.